The summed E-state index contributed by atoms with van der Waals surface area (Å²) in [6, 6.07) is 16.7. The van der Waals surface area contributed by atoms with Crippen LogP contribution in [0, 0.1) is 0 Å². The number of rotatable bonds is 3. The van der Waals surface area contributed by atoms with E-state index in [1.54, 1.807) is 18.7 Å². The third-order valence-electron chi connectivity index (χ3n) is 3.22. The molecular weight excluding hydrogens is 254 g/mol. The van der Waals surface area contributed by atoms with E-state index in [4.69, 9.17) is 0 Å². The number of nitrogens with zero attached hydrogens (tertiary/aromatic N) is 1. The number of carbonyl (C=O) groups excluding carboxylic acids is 1. The summed E-state index contributed by atoms with van der Waals surface area (Å²) in [6.45, 7) is 2.39. The van der Waals surface area contributed by atoms with Crippen LogP contribution in [0.1, 0.15) is 13.3 Å². The van der Waals surface area contributed by atoms with Crippen LogP contribution in [-0.2, 0) is 4.79 Å². The average molecular weight is 269 g/mol. The molecule has 2 nitrogen and oxygen atoms in total. The molecule has 0 saturated carbocycles. The number of benzene rings is 2. The quantitative estimate of drug-likeness (QED) is 0.830. The fraction of sp³-hybridized carbons (Fsp3) is 0.188. The van der Waals surface area contributed by atoms with E-state index in [-0.39, 0.29) is 5.78 Å². The summed E-state index contributed by atoms with van der Waals surface area (Å²) < 4.78 is 0. The van der Waals surface area contributed by atoms with Crippen LogP contribution < -0.4 is 4.90 Å². The number of carbonyl (C=O) groups is 1. The van der Waals surface area contributed by atoms with Gasteiger partial charge in [-0.05, 0) is 31.2 Å². The summed E-state index contributed by atoms with van der Waals surface area (Å²) in [5, 5.41) is 0. The Morgan fingerprint density at radius 2 is 1.53 bits per heavy atom. The third kappa shape index (κ3) is 2.38. The molecule has 1 aliphatic heterocycles. The Hall–Kier alpha value is -1.74. The van der Waals surface area contributed by atoms with Gasteiger partial charge in [-0.15, -0.1) is 0 Å². The molecule has 0 N–H and O–H groups in total. The minimum absolute atomic E-state index is 0.230. The van der Waals surface area contributed by atoms with E-state index in [0.29, 0.717) is 6.42 Å². The van der Waals surface area contributed by atoms with Crippen LogP contribution in [-0.4, -0.2) is 12.3 Å². The second-order valence-electron chi connectivity index (χ2n) is 4.64. The van der Waals surface area contributed by atoms with Crippen LogP contribution >= 0.6 is 11.8 Å². The molecule has 0 saturated heterocycles. The van der Waals surface area contributed by atoms with E-state index in [1.165, 1.54) is 21.2 Å². The zero-order valence-electron chi connectivity index (χ0n) is 10.8. The lowest BCUT2D eigenvalue weighted by molar-refractivity contribution is -0.116. The molecule has 3 rings (SSSR count). The largest absolute Gasteiger partial charge is 0.339 e. The normalized spacial score (nSPS) is 12.8. The van der Waals surface area contributed by atoms with Crippen molar-refractivity contribution in [2.75, 3.05) is 11.4 Å². The Morgan fingerprint density at radius 3 is 2.05 bits per heavy atom. The van der Waals surface area contributed by atoms with E-state index < -0.39 is 0 Å². The molecule has 0 bridgehead atoms. The minimum Gasteiger partial charge on any atom is -0.339 e. The summed E-state index contributed by atoms with van der Waals surface area (Å²) >= 11 is 1.79. The van der Waals surface area contributed by atoms with Gasteiger partial charge in [-0.1, -0.05) is 36.0 Å². The third-order valence-corrected chi connectivity index (χ3v) is 4.35. The second-order valence-corrected chi connectivity index (χ2v) is 5.72. The fourth-order valence-electron chi connectivity index (χ4n) is 2.29. The van der Waals surface area contributed by atoms with Crippen molar-refractivity contribution in [3.05, 3.63) is 48.5 Å². The van der Waals surface area contributed by atoms with Gasteiger partial charge in [0.1, 0.15) is 5.78 Å². The van der Waals surface area contributed by atoms with Crippen molar-refractivity contribution in [1.29, 1.82) is 0 Å². The Labute approximate surface area is 117 Å². The van der Waals surface area contributed by atoms with E-state index >= 15 is 0 Å². The van der Waals surface area contributed by atoms with Crippen LogP contribution in [0.2, 0.25) is 0 Å². The zero-order valence-corrected chi connectivity index (χ0v) is 11.6. The first-order valence-electron chi connectivity index (χ1n) is 6.38. The summed E-state index contributed by atoms with van der Waals surface area (Å²) in [7, 11) is 0. The van der Waals surface area contributed by atoms with Gasteiger partial charge in [-0.3, -0.25) is 4.79 Å². The zero-order chi connectivity index (χ0) is 13.2. The van der Waals surface area contributed by atoms with Crippen LogP contribution in [0.4, 0.5) is 11.4 Å². The summed E-state index contributed by atoms with van der Waals surface area (Å²) in [6.07, 6.45) is 0.577. The molecular formula is C16H15NOS. The minimum atomic E-state index is 0.230. The molecule has 19 heavy (non-hydrogen) atoms. The van der Waals surface area contributed by atoms with Gasteiger partial charge in [0.15, 0.2) is 0 Å². The van der Waals surface area contributed by atoms with Crippen molar-refractivity contribution in [3.63, 3.8) is 0 Å². The maximum atomic E-state index is 11.3. The number of fused-ring (bicyclic) bond motifs is 2. The molecule has 1 aliphatic rings. The highest BCUT2D eigenvalue weighted by molar-refractivity contribution is 7.99. The number of Topliss-reactive ketones (excluding diaryl/α,β-unsaturated/α-hetero) is 1. The molecule has 0 aromatic heterocycles. The summed E-state index contributed by atoms with van der Waals surface area (Å²) in [5.41, 5.74) is 2.40. The highest BCUT2D eigenvalue weighted by Gasteiger charge is 2.22. The van der Waals surface area contributed by atoms with Crippen molar-refractivity contribution < 1.29 is 4.79 Å². The molecule has 2 aromatic carbocycles. The lowest BCUT2D eigenvalue weighted by Gasteiger charge is -2.32. The van der Waals surface area contributed by atoms with Gasteiger partial charge in [-0.25, -0.2) is 0 Å². The first-order valence-corrected chi connectivity index (χ1v) is 7.20. The van der Waals surface area contributed by atoms with Gasteiger partial charge >= 0.3 is 0 Å². The Balaban J connectivity index is 2.03. The standard InChI is InChI=1S/C16H15NOS/c1-12(18)10-11-17-13-6-2-4-8-15(13)19-16-9-5-3-7-14(16)17/h2-9H,10-11H2,1H3. The highest BCUT2D eigenvalue weighted by Crippen LogP contribution is 2.47. The number of hydrogen-bond acceptors (Lipinski definition) is 3. The van der Waals surface area contributed by atoms with Crippen molar-refractivity contribution in [3.8, 4) is 0 Å². The van der Waals surface area contributed by atoms with Crippen molar-refractivity contribution in [2.45, 2.75) is 23.1 Å². The fourth-order valence-corrected chi connectivity index (χ4v) is 3.39. The summed E-state index contributed by atoms with van der Waals surface area (Å²) in [5.74, 6) is 0.230. The van der Waals surface area contributed by atoms with Gasteiger partial charge in [0.2, 0.25) is 0 Å². The number of para-hydroxylation sites is 2. The molecule has 0 aliphatic carbocycles. The van der Waals surface area contributed by atoms with E-state index in [0.717, 1.165) is 6.54 Å². The van der Waals surface area contributed by atoms with Crippen LogP contribution in [0.5, 0.6) is 0 Å². The number of hydrogen-bond donors (Lipinski definition) is 0. The van der Waals surface area contributed by atoms with E-state index in [1.807, 2.05) is 12.1 Å². The molecule has 3 heteroatoms. The molecule has 0 fully saturated rings. The van der Waals surface area contributed by atoms with Crippen LogP contribution in [0.25, 0.3) is 0 Å². The van der Waals surface area contributed by atoms with Gasteiger partial charge in [0, 0.05) is 22.8 Å². The SMILES string of the molecule is CC(=O)CCN1c2ccccc2Sc2ccccc21. The molecule has 1 heterocycles. The van der Waals surface area contributed by atoms with Gasteiger partial charge in [-0.2, -0.15) is 0 Å². The topological polar surface area (TPSA) is 20.3 Å². The predicted molar refractivity (Wildman–Crippen MR) is 79.3 cm³/mol. The van der Waals surface area contributed by atoms with Crippen molar-refractivity contribution in [2.24, 2.45) is 0 Å². The molecule has 2 aromatic rings. The summed E-state index contributed by atoms with van der Waals surface area (Å²) in [4.78, 5) is 16.0. The number of anilines is 2. The van der Waals surface area contributed by atoms with E-state index in [9.17, 15) is 4.79 Å². The van der Waals surface area contributed by atoms with Gasteiger partial charge < -0.3 is 4.90 Å². The van der Waals surface area contributed by atoms with Crippen molar-refractivity contribution >= 4 is 28.9 Å². The maximum absolute atomic E-state index is 11.3. The smallest absolute Gasteiger partial charge is 0.131 e. The molecule has 0 amide bonds. The van der Waals surface area contributed by atoms with Gasteiger partial charge in [0.05, 0.1) is 11.4 Å². The molecule has 0 radical (unpaired) electrons. The molecule has 0 atom stereocenters. The lowest BCUT2D eigenvalue weighted by atomic mass is 10.2. The first kappa shape index (κ1) is 12.3. The van der Waals surface area contributed by atoms with Gasteiger partial charge in [0.25, 0.3) is 0 Å². The molecule has 0 unspecified atom stereocenters. The first-order chi connectivity index (χ1) is 9.25. The Kier molecular flexibility index (Phi) is 3.30. The average Bonchev–Trinajstić information content (AvgIpc) is 2.43. The maximum Gasteiger partial charge on any atom is 0.131 e. The number of ketones is 1. The second kappa shape index (κ2) is 5.10. The van der Waals surface area contributed by atoms with Crippen molar-refractivity contribution in [1.82, 2.24) is 0 Å². The highest BCUT2D eigenvalue weighted by atomic mass is 32.2. The van der Waals surface area contributed by atoms with Crippen LogP contribution in [0.15, 0.2) is 58.3 Å². The predicted octanol–water partition coefficient (Wildman–Crippen LogP) is 4.27. The lowest BCUT2D eigenvalue weighted by Crippen LogP contribution is -2.23. The Morgan fingerprint density at radius 1 is 1.00 bits per heavy atom. The van der Waals surface area contributed by atoms with Crippen LogP contribution in [0.3, 0.4) is 0 Å². The molecule has 96 valence electrons. The van der Waals surface area contributed by atoms with E-state index in [2.05, 4.69) is 41.3 Å². The molecule has 0 spiro atoms. The monoisotopic (exact) mass is 269 g/mol. The Bertz CT molecular complexity index is 578.